The van der Waals surface area contributed by atoms with Crippen LogP contribution >= 0.6 is 11.6 Å². The van der Waals surface area contributed by atoms with Crippen LogP contribution in [0.4, 0.5) is 13.2 Å². The standard InChI is InChI=1S/C15H7ClF3N3O3S/c16-10-2-1-8(6-20)5-12(10)25-11-3-4-13(14-9(11)7-21-22-14)26(23,24)15(17,18)19/h1-5,7H,(H,21,22). The van der Waals surface area contributed by atoms with Gasteiger partial charge in [-0.25, -0.2) is 8.42 Å². The van der Waals surface area contributed by atoms with E-state index >= 15 is 0 Å². The lowest BCUT2D eigenvalue weighted by atomic mass is 10.2. The zero-order valence-corrected chi connectivity index (χ0v) is 14.1. The molecule has 0 radical (unpaired) electrons. The number of aromatic nitrogens is 2. The molecule has 0 aliphatic carbocycles. The lowest BCUT2D eigenvalue weighted by Gasteiger charge is -2.12. The number of nitrogens with one attached hydrogen (secondary N) is 1. The van der Waals surface area contributed by atoms with Gasteiger partial charge in [-0.05, 0) is 24.3 Å². The second-order valence-electron chi connectivity index (χ2n) is 5.03. The summed E-state index contributed by atoms with van der Waals surface area (Å²) in [6.07, 6.45) is 1.13. The molecule has 3 aromatic rings. The van der Waals surface area contributed by atoms with Gasteiger partial charge < -0.3 is 4.74 Å². The first-order valence-corrected chi connectivity index (χ1v) is 8.66. The molecule has 0 atom stereocenters. The lowest BCUT2D eigenvalue weighted by Crippen LogP contribution is -2.23. The molecule has 2 aromatic carbocycles. The molecule has 0 aliphatic heterocycles. The van der Waals surface area contributed by atoms with Gasteiger partial charge in [0.25, 0.3) is 9.84 Å². The van der Waals surface area contributed by atoms with Gasteiger partial charge in [0, 0.05) is 6.07 Å². The van der Waals surface area contributed by atoms with E-state index in [1.807, 2.05) is 6.07 Å². The fraction of sp³-hybridized carbons (Fsp3) is 0.0667. The third-order valence-electron chi connectivity index (χ3n) is 3.41. The highest BCUT2D eigenvalue weighted by Gasteiger charge is 2.48. The first kappa shape index (κ1) is 18.0. The maximum absolute atomic E-state index is 12.8. The fourth-order valence-electron chi connectivity index (χ4n) is 2.19. The second-order valence-corrected chi connectivity index (χ2v) is 7.35. The quantitative estimate of drug-likeness (QED) is 0.710. The predicted molar refractivity (Wildman–Crippen MR) is 85.6 cm³/mol. The molecule has 6 nitrogen and oxygen atoms in total. The summed E-state index contributed by atoms with van der Waals surface area (Å²) in [7, 11) is -5.58. The molecular weight excluding hydrogens is 395 g/mol. The number of benzene rings is 2. The number of nitrogens with zero attached hydrogens (tertiary/aromatic N) is 2. The number of fused-ring (bicyclic) bond motifs is 1. The Balaban J connectivity index is 2.14. The van der Waals surface area contributed by atoms with Crippen molar-refractivity contribution in [3.8, 4) is 17.6 Å². The van der Waals surface area contributed by atoms with Crippen LogP contribution in [0.2, 0.25) is 5.02 Å². The molecule has 0 bridgehead atoms. The first-order valence-electron chi connectivity index (χ1n) is 6.80. The summed E-state index contributed by atoms with van der Waals surface area (Å²) in [4.78, 5) is -0.971. The maximum Gasteiger partial charge on any atom is 0.501 e. The Bertz CT molecular complexity index is 1150. The SMILES string of the molecule is N#Cc1ccc(Cl)c(Oc2ccc(S(=O)(=O)C(F)(F)F)c3[nH]ncc23)c1. The normalized spacial score (nSPS) is 12.1. The van der Waals surface area contributed by atoms with Crippen molar-refractivity contribution in [3.05, 3.63) is 47.1 Å². The number of rotatable bonds is 3. The Hall–Kier alpha value is -2.77. The number of hydrogen-bond donors (Lipinski definition) is 1. The smallest absolute Gasteiger partial charge is 0.455 e. The lowest BCUT2D eigenvalue weighted by molar-refractivity contribution is -0.0435. The Kier molecular flexibility index (Phi) is 4.29. The second kappa shape index (κ2) is 6.19. The number of halogens is 4. The molecule has 26 heavy (non-hydrogen) atoms. The molecule has 0 unspecified atom stereocenters. The van der Waals surface area contributed by atoms with Crippen molar-refractivity contribution in [1.82, 2.24) is 10.2 Å². The zero-order chi connectivity index (χ0) is 19.1. The van der Waals surface area contributed by atoms with Crippen molar-refractivity contribution in [2.45, 2.75) is 10.4 Å². The third-order valence-corrected chi connectivity index (χ3v) is 5.25. The van der Waals surface area contributed by atoms with Crippen molar-refractivity contribution >= 4 is 32.3 Å². The van der Waals surface area contributed by atoms with Crippen LogP contribution in [-0.4, -0.2) is 24.1 Å². The molecule has 0 amide bonds. The van der Waals surface area contributed by atoms with E-state index in [1.54, 1.807) is 0 Å². The molecule has 1 N–H and O–H groups in total. The van der Waals surface area contributed by atoms with Gasteiger partial charge in [-0.15, -0.1) is 0 Å². The maximum atomic E-state index is 12.8. The number of sulfone groups is 1. The van der Waals surface area contributed by atoms with Gasteiger partial charge in [0.1, 0.15) is 16.4 Å². The third kappa shape index (κ3) is 2.95. The summed E-state index contributed by atoms with van der Waals surface area (Å²) in [5, 5.41) is 14.9. The van der Waals surface area contributed by atoms with E-state index in [0.29, 0.717) is 0 Å². The van der Waals surface area contributed by atoms with E-state index in [1.165, 1.54) is 18.2 Å². The summed E-state index contributed by atoms with van der Waals surface area (Å²) in [5.74, 6) is 0.103. The number of nitriles is 1. The van der Waals surface area contributed by atoms with Crippen molar-refractivity contribution in [2.75, 3.05) is 0 Å². The van der Waals surface area contributed by atoms with Gasteiger partial charge >= 0.3 is 5.51 Å². The van der Waals surface area contributed by atoms with Crippen LogP contribution in [0.1, 0.15) is 5.56 Å². The minimum absolute atomic E-state index is 0.00810. The van der Waals surface area contributed by atoms with E-state index in [-0.39, 0.29) is 33.0 Å². The van der Waals surface area contributed by atoms with E-state index in [2.05, 4.69) is 10.2 Å². The van der Waals surface area contributed by atoms with Gasteiger partial charge in [0.05, 0.1) is 33.8 Å². The summed E-state index contributed by atoms with van der Waals surface area (Å²) >= 11 is 5.99. The van der Waals surface area contributed by atoms with Crippen molar-refractivity contribution < 1.29 is 26.3 Å². The highest BCUT2D eigenvalue weighted by Crippen LogP contribution is 2.39. The molecule has 0 saturated carbocycles. The van der Waals surface area contributed by atoms with E-state index in [9.17, 15) is 21.6 Å². The number of ether oxygens (including phenoxy) is 1. The molecule has 1 aromatic heterocycles. The summed E-state index contributed by atoms with van der Waals surface area (Å²) < 4.78 is 67.5. The van der Waals surface area contributed by atoms with Crippen LogP contribution in [0.5, 0.6) is 11.5 Å². The van der Waals surface area contributed by atoms with Crippen LogP contribution in [0.3, 0.4) is 0 Å². The van der Waals surface area contributed by atoms with E-state index < -0.39 is 20.2 Å². The molecule has 11 heteroatoms. The molecular formula is C15H7ClF3N3O3S. The fourth-order valence-corrected chi connectivity index (χ4v) is 3.27. The monoisotopic (exact) mass is 401 g/mol. The van der Waals surface area contributed by atoms with Gasteiger partial charge in [0.2, 0.25) is 0 Å². The summed E-state index contributed by atoms with van der Waals surface area (Å²) in [6, 6.07) is 7.95. The Labute approximate surface area is 149 Å². The Morgan fingerprint density at radius 2 is 1.92 bits per heavy atom. The van der Waals surface area contributed by atoms with Gasteiger partial charge in [-0.3, -0.25) is 5.10 Å². The zero-order valence-electron chi connectivity index (χ0n) is 12.5. The van der Waals surface area contributed by atoms with Crippen molar-refractivity contribution in [2.24, 2.45) is 0 Å². The minimum Gasteiger partial charge on any atom is -0.455 e. The number of hydrogen-bond acceptors (Lipinski definition) is 5. The van der Waals surface area contributed by atoms with Crippen molar-refractivity contribution in [1.29, 1.82) is 5.26 Å². The molecule has 134 valence electrons. The molecule has 3 rings (SSSR count). The highest BCUT2D eigenvalue weighted by molar-refractivity contribution is 7.92. The van der Waals surface area contributed by atoms with Crippen molar-refractivity contribution in [3.63, 3.8) is 0 Å². The van der Waals surface area contributed by atoms with Crippen LogP contribution in [0.15, 0.2) is 41.4 Å². The predicted octanol–water partition coefficient (Wildman–Crippen LogP) is 4.17. The van der Waals surface area contributed by atoms with Crippen LogP contribution < -0.4 is 4.74 Å². The first-order chi connectivity index (χ1) is 12.1. The number of aromatic amines is 1. The Morgan fingerprint density at radius 1 is 1.19 bits per heavy atom. The van der Waals surface area contributed by atoms with Crippen LogP contribution in [0, 0.1) is 11.3 Å². The van der Waals surface area contributed by atoms with Crippen LogP contribution in [0.25, 0.3) is 10.9 Å². The van der Waals surface area contributed by atoms with E-state index in [4.69, 9.17) is 21.6 Å². The largest absolute Gasteiger partial charge is 0.501 e. The van der Waals surface area contributed by atoms with E-state index in [0.717, 1.165) is 18.3 Å². The molecule has 1 heterocycles. The van der Waals surface area contributed by atoms with Gasteiger partial charge in [-0.2, -0.15) is 23.5 Å². The number of H-pyrrole nitrogens is 1. The molecule has 0 spiro atoms. The molecule has 0 fully saturated rings. The summed E-state index contributed by atoms with van der Waals surface area (Å²) in [5.41, 5.74) is -5.56. The minimum atomic E-state index is -5.58. The Morgan fingerprint density at radius 3 is 2.58 bits per heavy atom. The molecule has 0 aliphatic rings. The average Bonchev–Trinajstić information content (AvgIpc) is 3.05. The average molecular weight is 402 g/mol. The van der Waals surface area contributed by atoms with Gasteiger partial charge in [-0.1, -0.05) is 11.6 Å². The highest BCUT2D eigenvalue weighted by atomic mass is 35.5. The topological polar surface area (TPSA) is 95.8 Å². The van der Waals surface area contributed by atoms with Gasteiger partial charge in [0.15, 0.2) is 0 Å². The molecule has 0 saturated heterocycles. The number of alkyl halides is 3. The summed E-state index contributed by atoms with van der Waals surface area (Å²) in [6.45, 7) is 0. The van der Waals surface area contributed by atoms with Crippen LogP contribution in [-0.2, 0) is 9.84 Å².